The molecule has 4 heteroatoms. The van der Waals surface area contributed by atoms with Crippen molar-refractivity contribution in [2.75, 3.05) is 0 Å². The Labute approximate surface area is 108 Å². The lowest BCUT2D eigenvalue weighted by molar-refractivity contribution is 0.161. The van der Waals surface area contributed by atoms with Gasteiger partial charge < -0.3 is 4.74 Å². The Bertz CT molecular complexity index is 416. The Morgan fingerprint density at radius 3 is 2.41 bits per heavy atom. The van der Waals surface area contributed by atoms with Crippen molar-refractivity contribution in [2.24, 2.45) is 5.92 Å². The zero-order valence-corrected chi connectivity index (χ0v) is 11.6. The van der Waals surface area contributed by atoms with E-state index < -0.39 is 0 Å². The van der Waals surface area contributed by atoms with E-state index in [1.165, 1.54) is 12.8 Å². The van der Waals surface area contributed by atoms with E-state index in [0.717, 1.165) is 11.4 Å². The van der Waals surface area contributed by atoms with Gasteiger partial charge in [-0.25, -0.2) is 4.98 Å². The summed E-state index contributed by atoms with van der Waals surface area (Å²) in [6, 6.07) is 0. The van der Waals surface area contributed by atoms with Crippen LogP contribution in [0.15, 0.2) is 0 Å². The standard InChI is InChI=1S/C13H19ClN2O/c1-7(2)9(4)17-13-8(3)11(14)15-12(16-13)10-5-6-10/h7,9-10H,5-6H2,1-4H3. The van der Waals surface area contributed by atoms with Gasteiger partial charge in [-0.1, -0.05) is 25.4 Å². The molecule has 1 aromatic rings. The molecule has 1 aliphatic rings. The Kier molecular flexibility index (Phi) is 3.57. The Morgan fingerprint density at radius 1 is 1.24 bits per heavy atom. The van der Waals surface area contributed by atoms with Crippen molar-refractivity contribution in [1.29, 1.82) is 0 Å². The summed E-state index contributed by atoms with van der Waals surface area (Å²) in [5.74, 6) is 2.43. The van der Waals surface area contributed by atoms with E-state index in [2.05, 4.69) is 30.7 Å². The maximum Gasteiger partial charge on any atom is 0.221 e. The van der Waals surface area contributed by atoms with Crippen LogP contribution in [0.4, 0.5) is 0 Å². The molecule has 0 amide bonds. The van der Waals surface area contributed by atoms with Crippen molar-refractivity contribution in [3.05, 3.63) is 16.5 Å². The highest BCUT2D eigenvalue weighted by atomic mass is 35.5. The van der Waals surface area contributed by atoms with Gasteiger partial charge in [0.1, 0.15) is 11.0 Å². The first-order valence-corrected chi connectivity index (χ1v) is 6.57. The fraction of sp³-hybridized carbons (Fsp3) is 0.692. The molecule has 0 aromatic carbocycles. The largest absolute Gasteiger partial charge is 0.474 e. The van der Waals surface area contributed by atoms with Crippen LogP contribution in [0.5, 0.6) is 5.88 Å². The van der Waals surface area contributed by atoms with Crippen LogP contribution in [0, 0.1) is 12.8 Å². The van der Waals surface area contributed by atoms with Crippen molar-refractivity contribution in [2.45, 2.75) is 52.6 Å². The van der Waals surface area contributed by atoms with Gasteiger partial charge >= 0.3 is 0 Å². The van der Waals surface area contributed by atoms with Crippen molar-refractivity contribution >= 4 is 11.6 Å². The van der Waals surface area contributed by atoms with Gasteiger partial charge in [-0.05, 0) is 32.6 Å². The minimum absolute atomic E-state index is 0.131. The van der Waals surface area contributed by atoms with E-state index in [1.54, 1.807) is 0 Å². The molecule has 1 saturated carbocycles. The third kappa shape index (κ3) is 2.89. The maximum atomic E-state index is 6.12. The highest BCUT2D eigenvalue weighted by molar-refractivity contribution is 6.30. The molecule has 1 aromatic heterocycles. The first-order chi connectivity index (χ1) is 7.99. The molecule has 0 spiro atoms. The summed E-state index contributed by atoms with van der Waals surface area (Å²) in [5.41, 5.74) is 0.837. The average Bonchev–Trinajstić information content (AvgIpc) is 3.07. The summed E-state index contributed by atoms with van der Waals surface area (Å²) in [4.78, 5) is 8.82. The van der Waals surface area contributed by atoms with Gasteiger partial charge in [-0.15, -0.1) is 0 Å². The fourth-order valence-corrected chi connectivity index (χ4v) is 1.60. The molecule has 1 aliphatic carbocycles. The molecule has 94 valence electrons. The molecule has 1 atom stereocenters. The average molecular weight is 255 g/mol. The number of ether oxygens (including phenoxy) is 1. The smallest absolute Gasteiger partial charge is 0.221 e. The molecule has 0 saturated heterocycles. The Morgan fingerprint density at radius 2 is 1.88 bits per heavy atom. The fourth-order valence-electron chi connectivity index (χ4n) is 1.44. The molecule has 1 heterocycles. The lowest BCUT2D eigenvalue weighted by Gasteiger charge is -2.19. The minimum Gasteiger partial charge on any atom is -0.474 e. The number of halogens is 1. The molecule has 1 fully saturated rings. The summed E-state index contributed by atoms with van der Waals surface area (Å²) >= 11 is 6.12. The van der Waals surface area contributed by atoms with Gasteiger partial charge in [-0.2, -0.15) is 4.98 Å². The van der Waals surface area contributed by atoms with Gasteiger partial charge in [0.15, 0.2) is 0 Å². The number of nitrogens with zero attached hydrogens (tertiary/aromatic N) is 2. The van der Waals surface area contributed by atoms with Gasteiger partial charge in [0.2, 0.25) is 5.88 Å². The van der Waals surface area contributed by atoms with Crippen LogP contribution in [0.1, 0.15) is 50.9 Å². The van der Waals surface area contributed by atoms with E-state index >= 15 is 0 Å². The quantitative estimate of drug-likeness (QED) is 0.768. The monoisotopic (exact) mass is 254 g/mol. The van der Waals surface area contributed by atoms with Crippen molar-refractivity contribution in [3.63, 3.8) is 0 Å². The zero-order valence-electron chi connectivity index (χ0n) is 10.8. The molecular formula is C13H19ClN2O. The highest BCUT2D eigenvalue weighted by Crippen LogP contribution is 2.40. The van der Waals surface area contributed by atoms with Crippen molar-refractivity contribution in [3.8, 4) is 5.88 Å². The van der Waals surface area contributed by atoms with Gasteiger partial charge in [-0.3, -0.25) is 0 Å². The SMILES string of the molecule is Cc1c(Cl)nc(C2CC2)nc1OC(C)C(C)C. The van der Waals surface area contributed by atoms with Crippen LogP contribution in [-0.4, -0.2) is 16.1 Å². The predicted octanol–water partition coefficient (Wildman–Crippen LogP) is 3.74. The van der Waals surface area contributed by atoms with Crippen LogP contribution in [-0.2, 0) is 0 Å². The summed E-state index contributed by atoms with van der Waals surface area (Å²) < 4.78 is 5.87. The summed E-state index contributed by atoms with van der Waals surface area (Å²) in [6.45, 7) is 8.22. The molecule has 0 N–H and O–H groups in total. The second-order valence-corrected chi connectivity index (χ2v) is 5.50. The van der Waals surface area contributed by atoms with E-state index in [9.17, 15) is 0 Å². The molecule has 17 heavy (non-hydrogen) atoms. The van der Waals surface area contributed by atoms with Crippen molar-refractivity contribution < 1.29 is 4.74 Å². The van der Waals surface area contributed by atoms with Crippen LogP contribution in [0.25, 0.3) is 0 Å². The summed E-state index contributed by atoms with van der Waals surface area (Å²) in [7, 11) is 0. The minimum atomic E-state index is 0.131. The molecule has 0 aliphatic heterocycles. The van der Waals surface area contributed by atoms with Gasteiger partial charge in [0, 0.05) is 11.5 Å². The second kappa shape index (κ2) is 4.81. The molecule has 0 bridgehead atoms. The summed E-state index contributed by atoms with van der Waals surface area (Å²) in [5, 5.41) is 0.521. The number of hydrogen-bond acceptors (Lipinski definition) is 3. The lowest BCUT2D eigenvalue weighted by Crippen LogP contribution is -2.20. The Hall–Kier alpha value is -0.830. The number of hydrogen-bond donors (Lipinski definition) is 0. The Balaban J connectivity index is 2.25. The van der Waals surface area contributed by atoms with Gasteiger partial charge in [0.25, 0.3) is 0 Å². The van der Waals surface area contributed by atoms with E-state index in [0.29, 0.717) is 22.9 Å². The predicted molar refractivity (Wildman–Crippen MR) is 68.7 cm³/mol. The molecule has 0 radical (unpaired) electrons. The highest BCUT2D eigenvalue weighted by Gasteiger charge is 2.28. The summed E-state index contributed by atoms with van der Waals surface area (Å²) in [6.07, 6.45) is 2.46. The van der Waals surface area contributed by atoms with Crippen LogP contribution < -0.4 is 4.74 Å². The van der Waals surface area contributed by atoms with Crippen LogP contribution >= 0.6 is 11.6 Å². The zero-order chi connectivity index (χ0) is 12.6. The molecule has 1 unspecified atom stereocenters. The first kappa shape index (κ1) is 12.6. The third-order valence-corrected chi connectivity index (χ3v) is 3.61. The second-order valence-electron chi connectivity index (χ2n) is 5.14. The number of rotatable bonds is 4. The topological polar surface area (TPSA) is 35.0 Å². The van der Waals surface area contributed by atoms with E-state index in [4.69, 9.17) is 16.3 Å². The first-order valence-electron chi connectivity index (χ1n) is 6.19. The normalized spacial score (nSPS) is 17.3. The molecular weight excluding hydrogens is 236 g/mol. The van der Waals surface area contributed by atoms with E-state index in [1.807, 2.05) is 6.92 Å². The molecule has 2 rings (SSSR count). The third-order valence-electron chi connectivity index (χ3n) is 3.24. The van der Waals surface area contributed by atoms with Crippen LogP contribution in [0.3, 0.4) is 0 Å². The maximum absolute atomic E-state index is 6.12. The van der Waals surface area contributed by atoms with Gasteiger partial charge in [0.05, 0.1) is 6.10 Å². The van der Waals surface area contributed by atoms with Crippen LogP contribution in [0.2, 0.25) is 5.15 Å². The van der Waals surface area contributed by atoms with Crippen molar-refractivity contribution in [1.82, 2.24) is 9.97 Å². The number of aromatic nitrogens is 2. The van der Waals surface area contributed by atoms with E-state index in [-0.39, 0.29) is 6.10 Å². The lowest BCUT2D eigenvalue weighted by atomic mass is 10.1. The molecule has 3 nitrogen and oxygen atoms in total.